The molecule has 10 heteroatoms. The maximum atomic E-state index is 14.0. The molecule has 39 heavy (non-hydrogen) atoms. The third-order valence-electron chi connectivity index (χ3n) is 6.09. The molecule has 0 saturated heterocycles. The molecule has 3 aromatic rings. The molecule has 0 aromatic heterocycles. The molecule has 0 aliphatic carbocycles. The van der Waals surface area contributed by atoms with E-state index in [1.807, 2.05) is 51.1 Å². The van der Waals surface area contributed by atoms with E-state index in [0.717, 1.165) is 9.87 Å². The molecule has 0 aliphatic rings. The van der Waals surface area contributed by atoms with E-state index in [1.54, 1.807) is 18.2 Å². The number of benzene rings is 3. The molecule has 0 heterocycles. The van der Waals surface area contributed by atoms with Gasteiger partial charge < -0.3 is 10.2 Å². The Kier molecular flexibility index (Phi) is 10.8. The summed E-state index contributed by atoms with van der Waals surface area (Å²) in [5.41, 5.74) is 1.06. The van der Waals surface area contributed by atoms with Crippen molar-refractivity contribution in [2.75, 3.05) is 17.4 Å². The van der Waals surface area contributed by atoms with Crippen molar-refractivity contribution in [3.05, 3.63) is 94.5 Å². The van der Waals surface area contributed by atoms with E-state index in [4.69, 9.17) is 23.2 Å². The predicted octanol–water partition coefficient (Wildman–Crippen LogP) is 5.56. The molecular weight excluding hydrogens is 557 g/mol. The Balaban J connectivity index is 2.04. The van der Waals surface area contributed by atoms with Crippen molar-refractivity contribution in [1.29, 1.82) is 0 Å². The molecule has 0 bridgehead atoms. The summed E-state index contributed by atoms with van der Waals surface area (Å²) in [6.45, 7) is 5.15. The van der Waals surface area contributed by atoms with Gasteiger partial charge in [0.15, 0.2) is 0 Å². The molecule has 208 valence electrons. The molecule has 0 fully saturated rings. The molecule has 3 aromatic carbocycles. The van der Waals surface area contributed by atoms with Crippen LogP contribution in [0, 0.1) is 0 Å². The van der Waals surface area contributed by atoms with Gasteiger partial charge in [0.2, 0.25) is 11.8 Å². The quantitative estimate of drug-likeness (QED) is 0.299. The minimum atomic E-state index is -4.22. The monoisotopic (exact) mass is 589 g/mol. The van der Waals surface area contributed by atoms with E-state index in [9.17, 15) is 18.0 Å². The fourth-order valence-corrected chi connectivity index (χ4v) is 6.07. The molecule has 0 radical (unpaired) electrons. The van der Waals surface area contributed by atoms with Crippen molar-refractivity contribution < 1.29 is 18.0 Å². The van der Waals surface area contributed by atoms with Crippen LogP contribution in [-0.4, -0.2) is 50.3 Å². The zero-order chi connectivity index (χ0) is 28.6. The first-order valence-electron chi connectivity index (χ1n) is 12.7. The number of amides is 2. The summed E-state index contributed by atoms with van der Waals surface area (Å²) >= 11 is 12.6. The number of nitrogens with zero attached hydrogens (tertiary/aromatic N) is 2. The van der Waals surface area contributed by atoms with Crippen LogP contribution in [0.5, 0.6) is 0 Å². The van der Waals surface area contributed by atoms with Crippen LogP contribution in [0.1, 0.15) is 32.8 Å². The predicted molar refractivity (Wildman–Crippen MR) is 157 cm³/mol. The smallest absolute Gasteiger partial charge is 0.264 e. The second-order valence-corrected chi connectivity index (χ2v) is 12.0. The van der Waals surface area contributed by atoms with E-state index in [2.05, 4.69) is 5.32 Å². The van der Waals surface area contributed by atoms with E-state index < -0.39 is 28.5 Å². The molecule has 3 rings (SSSR count). The van der Waals surface area contributed by atoms with Gasteiger partial charge in [-0.1, -0.05) is 78.7 Å². The highest BCUT2D eigenvalue weighted by Gasteiger charge is 2.34. The number of rotatable bonds is 12. The van der Waals surface area contributed by atoms with Gasteiger partial charge in [0, 0.05) is 17.6 Å². The largest absolute Gasteiger partial charge is 0.352 e. The van der Waals surface area contributed by atoms with Crippen LogP contribution in [0.25, 0.3) is 0 Å². The lowest BCUT2D eigenvalue weighted by Gasteiger charge is -2.33. The maximum absolute atomic E-state index is 14.0. The summed E-state index contributed by atoms with van der Waals surface area (Å²) < 4.78 is 28.6. The number of sulfonamides is 1. The highest BCUT2D eigenvalue weighted by Crippen LogP contribution is 2.33. The van der Waals surface area contributed by atoms with Gasteiger partial charge in [-0.3, -0.25) is 13.9 Å². The summed E-state index contributed by atoms with van der Waals surface area (Å²) in [6.07, 6.45) is 0.837. The number of hydrogen-bond donors (Lipinski definition) is 1. The topological polar surface area (TPSA) is 86.8 Å². The second kappa shape index (κ2) is 13.8. The van der Waals surface area contributed by atoms with Gasteiger partial charge in [0.05, 0.1) is 15.6 Å². The van der Waals surface area contributed by atoms with Gasteiger partial charge in [-0.25, -0.2) is 8.42 Å². The third kappa shape index (κ3) is 7.97. The van der Waals surface area contributed by atoms with E-state index in [0.29, 0.717) is 12.8 Å². The Labute approximate surface area is 240 Å². The minimum Gasteiger partial charge on any atom is -0.352 e. The standard InChI is InChI=1S/C29H33Cl2N3O4S/c1-4-26(29(36)32-21(2)3)33(18-17-22-11-7-5-8-12-22)28(35)20-34(27-19-23(30)15-16-25(27)31)39(37,38)24-13-9-6-10-14-24/h5-16,19,21,26H,4,17-18,20H2,1-3H3,(H,32,36). The lowest BCUT2D eigenvalue weighted by Crippen LogP contribution is -2.54. The summed E-state index contributed by atoms with van der Waals surface area (Å²) in [5.74, 6) is -0.834. The first-order chi connectivity index (χ1) is 18.5. The number of carbonyl (C=O) groups is 2. The van der Waals surface area contributed by atoms with Crippen LogP contribution in [0.15, 0.2) is 83.8 Å². The van der Waals surface area contributed by atoms with Crippen molar-refractivity contribution in [2.45, 2.75) is 50.6 Å². The van der Waals surface area contributed by atoms with Crippen molar-refractivity contribution >= 4 is 50.7 Å². The van der Waals surface area contributed by atoms with Gasteiger partial charge >= 0.3 is 0 Å². The zero-order valence-corrected chi connectivity index (χ0v) is 24.5. The van der Waals surface area contributed by atoms with Gasteiger partial charge in [0.25, 0.3) is 10.0 Å². The highest BCUT2D eigenvalue weighted by atomic mass is 35.5. The SMILES string of the molecule is CCC(C(=O)NC(C)C)N(CCc1ccccc1)C(=O)CN(c1cc(Cl)ccc1Cl)S(=O)(=O)c1ccccc1. The van der Waals surface area contributed by atoms with Crippen LogP contribution in [0.2, 0.25) is 10.0 Å². The fourth-order valence-electron chi connectivity index (χ4n) is 4.19. The Morgan fingerprint density at radius 2 is 1.54 bits per heavy atom. The third-order valence-corrected chi connectivity index (χ3v) is 8.42. The zero-order valence-electron chi connectivity index (χ0n) is 22.2. The number of anilines is 1. The van der Waals surface area contributed by atoms with E-state index in [1.165, 1.54) is 35.2 Å². The average molecular weight is 591 g/mol. The van der Waals surface area contributed by atoms with E-state index in [-0.39, 0.29) is 39.1 Å². The van der Waals surface area contributed by atoms with Gasteiger partial charge in [-0.15, -0.1) is 0 Å². The van der Waals surface area contributed by atoms with E-state index >= 15 is 0 Å². The molecule has 1 unspecified atom stereocenters. The Morgan fingerprint density at radius 1 is 0.923 bits per heavy atom. The molecule has 1 N–H and O–H groups in total. The first-order valence-corrected chi connectivity index (χ1v) is 14.9. The molecule has 0 aliphatic heterocycles. The molecule has 7 nitrogen and oxygen atoms in total. The van der Waals surface area contributed by atoms with Crippen LogP contribution >= 0.6 is 23.2 Å². The Morgan fingerprint density at radius 3 is 2.13 bits per heavy atom. The molecule has 1 atom stereocenters. The van der Waals surface area contributed by atoms with Crippen molar-refractivity contribution in [3.63, 3.8) is 0 Å². The van der Waals surface area contributed by atoms with Gasteiger partial charge in [-0.2, -0.15) is 0 Å². The molecular formula is C29H33Cl2N3O4S. The minimum absolute atomic E-state index is 0.00531. The number of nitrogens with one attached hydrogen (secondary N) is 1. The molecule has 0 spiro atoms. The Hall–Kier alpha value is -3.07. The average Bonchev–Trinajstić information content (AvgIpc) is 2.91. The van der Waals surface area contributed by atoms with Gasteiger partial charge in [-0.05, 0) is 62.6 Å². The Bertz CT molecular complexity index is 1370. The van der Waals surface area contributed by atoms with Crippen LogP contribution in [0.3, 0.4) is 0 Å². The maximum Gasteiger partial charge on any atom is 0.264 e. The van der Waals surface area contributed by atoms with Crippen LogP contribution < -0.4 is 9.62 Å². The summed E-state index contributed by atoms with van der Waals surface area (Å²) in [4.78, 5) is 28.6. The number of halogens is 2. The summed E-state index contributed by atoms with van der Waals surface area (Å²) in [5, 5.41) is 3.26. The van der Waals surface area contributed by atoms with Crippen molar-refractivity contribution in [2.24, 2.45) is 0 Å². The number of hydrogen-bond acceptors (Lipinski definition) is 4. The lowest BCUT2D eigenvalue weighted by molar-refractivity contribution is -0.139. The fraction of sp³-hybridized carbons (Fsp3) is 0.310. The highest BCUT2D eigenvalue weighted by molar-refractivity contribution is 7.92. The van der Waals surface area contributed by atoms with Crippen LogP contribution in [0.4, 0.5) is 5.69 Å². The van der Waals surface area contributed by atoms with Crippen molar-refractivity contribution in [1.82, 2.24) is 10.2 Å². The van der Waals surface area contributed by atoms with Crippen molar-refractivity contribution in [3.8, 4) is 0 Å². The normalized spacial score (nSPS) is 12.2. The molecule has 0 saturated carbocycles. The van der Waals surface area contributed by atoms with Crippen LogP contribution in [-0.2, 0) is 26.0 Å². The second-order valence-electron chi connectivity index (χ2n) is 9.33. The van der Waals surface area contributed by atoms with Gasteiger partial charge in [0.1, 0.15) is 12.6 Å². The molecule has 2 amide bonds. The lowest BCUT2D eigenvalue weighted by atomic mass is 10.1. The first kappa shape index (κ1) is 30.5. The summed E-state index contributed by atoms with van der Waals surface area (Å²) in [6, 6.07) is 20.9. The summed E-state index contributed by atoms with van der Waals surface area (Å²) in [7, 11) is -4.22. The number of carbonyl (C=O) groups excluding carboxylic acids is 2.